The smallest absolute Gasteiger partial charge is 0.251 e. The maximum Gasteiger partial charge on any atom is 0.251 e. The summed E-state index contributed by atoms with van der Waals surface area (Å²) in [7, 11) is 1.71. The van der Waals surface area contributed by atoms with E-state index in [0.717, 1.165) is 18.6 Å². The summed E-state index contributed by atoms with van der Waals surface area (Å²) in [6, 6.07) is 3.93. The van der Waals surface area contributed by atoms with Crippen molar-refractivity contribution in [2.24, 2.45) is 4.99 Å². The van der Waals surface area contributed by atoms with E-state index in [4.69, 9.17) is 4.74 Å². The fourth-order valence-corrected chi connectivity index (χ4v) is 2.61. The molecule has 0 saturated carbocycles. The molecule has 0 atom stereocenters. The lowest BCUT2D eigenvalue weighted by molar-refractivity contribution is 0.0744. The first kappa shape index (κ1) is 18.4. The van der Waals surface area contributed by atoms with E-state index in [-0.39, 0.29) is 12.6 Å². The minimum absolute atomic E-state index is 0.134. The van der Waals surface area contributed by atoms with Crippen molar-refractivity contribution in [2.45, 2.75) is 25.3 Å². The van der Waals surface area contributed by atoms with E-state index in [0.29, 0.717) is 32.2 Å². The summed E-state index contributed by atoms with van der Waals surface area (Å²) in [5.41, 5.74) is 0. The number of hydrogen-bond acceptors (Lipinski definition) is 4. The van der Waals surface area contributed by atoms with Crippen LogP contribution in [0, 0.1) is 0 Å². The molecule has 0 spiro atoms. The molecule has 8 heteroatoms. The third kappa shape index (κ3) is 6.66. The Balaban J connectivity index is 1.62. The number of likely N-dealkylation sites (tertiary alicyclic amines) is 1. The Morgan fingerprint density at radius 2 is 2.25 bits per heavy atom. The van der Waals surface area contributed by atoms with Crippen molar-refractivity contribution in [3.05, 3.63) is 24.5 Å². The van der Waals surface area contributed by atoms with Gasteiger partial charge in [-0.15, -0.1) is 0 Å². The molecule has 2 heterocycles. The number of halogens is 2. The number of alkyl halides is 2. The Labute approximate surface area is 141 Å². The number of guanidine groups is 1. The van der Waals surface area contributed by atoms with Crippen LogP contribution in [0.1, 0.15) is 12.8 Å². The van der Waals surface area contributed by atoms with Crippen molar-refractivity contribution in [1.82, 2.24) is 20.5 Å². The number of ether oxygens (including phenoxy) is 1. The normalized spacial score (nSPS) is 17.1. The topological polar surface area (TPSA) is 61.8 Å². The number of piperidine rings is 1. The second-order valence-corrected chi connectivity index (χ2v) is 5.65. The van der Waals surface area contributed by atoms with Gasteiger partial charge in [0.1, 0.15) is 12.4 Å². The predicted molar refractivity (Wildman–Crippen MR) is 89.7 cm³/mol. The van der Waals surface area contributed by atoms with Crippen molar-refractivity contribution in [1.29, 1.82) is 0 Å². The van der Waals surface area contributed by atoms with Gasteiger partial charge in [-0.3, -0.25) is 14.9 Å². The number of nitrogens with one attached hydrogen (secondary N) is 2. The minimum atomic E-state index is -2.26. The molecule has 2 rings (SSSR count). The van der Waals surface area contributed by atoms with Gasteiger partial charge in [0.05, 0.1) is 19.3 Å². The highest BCUT2D eigenvalue weighted by Crippen LogP contribution is 2.11. The Morgan fingerprint density at radius 3 is 2.88 bits per heavy atom. The van der Waals surface area contributed by atoms with Crippen LogP contribution in [0.3, 0.4) is 0 Å². The van der Waals surface area contributed by atoms with Crippen LogP contribution in [0.4, 0.5) is 8.78 Å². The fraction of sp³-hybridized carbons (Fsp3) is 0.625. The number of pyridine rings is 1. The standard InChI is InChI=1S/C16H25F2N5O/c1-19-16(21-7-10-24-14-3-2-6-20-11-14)22-13-4-8-23(9-5-13)12-15(17)18/h2-3,6,11,13,15H,4-5,7-10,12H2,1H3,(H2,19,21,22). The zero-order valence-corrected chi connectivity index (χ0v) is 13.9. The third-order valence-corrected chi connectivity index (χ3v) is 3.85. The summed E-state index contributed by atoms with van der Waals surface area (Å²) in [4.78, 5) is 9.98. The molecule has 0 radical (unpaired) electrons. The molecule has 1 aliphatic heterocycles. The van der Waals surface area contributed by atoms with Gasteiger partial charge in [0, 0.05) is 32.4 Å². The maximum atomic E-state index is 12.4. The number of rotatable bonds is 7. The van der Waals surface area contributed by atoms with Crippen molar-refractivity contribution < 1.29 is 13.5 Å². The molecule has 24 heavy (non-hydrogen) atoms. The number of hydrogen-bond donors (Lipinski definition) is 2. The molecule has 0 aromatic carbocycles. The molecular weight excluding hydrogens is 316 g/mol. The van der Waals surface area contributed by atoms with Crippen LogP contribution in [0.5, 0.6) is 5.75 Å². The monoisotopic (exact) mass is 341 g/mol. The van der Waals surface area contributed by atoms with Gasteiger partial charge < -0.3 is 15.4 Å². The Bertz CT molecular complexity index is 493. The van der Waals surface area contributed by atoms with Gasteiger partial charge in [-0.05, 0) is 25.0 Å². The molecule has 1 saturated heterocycles. The molecule has 0 bridgehead atoms. The maximum absolute atomic E-state index is 12.4. The zero-order valence-electron chi connectivity index (χ0n) is 13.9. The van der Waals surface area contributed by atoms with E-state index >= 15 is 0 Å². The molecular formula is C16H25F2N5O. The highest BCUT2D eigenvalue weighted by Gasteiger charge is 2.21. The molecule has 0 unspecified atom stereocenters. The van der Waals surface area contributed by atoms with Crippen molar-refractivity contribution in [3.63, 3.8) is 0 Å². The molecule has 1 aromatic rings. The summed E-state index contributed by atoms with van der Waals surface area (Å²) in [5, 5.41) is 6.53. The van der Waals surface area contributed by atoms with E-state index in [1.165, 1.54) is 0 Å². The van der Waals surface area contributed by atoms with Crippen LogP contribution in [0.15, 0.2) is 29.5 Å². The van der Waals surface area contributed by atoms with E-state index in [2.05, 4.69) is 20.6 Å². The van der Waals surface area contributed by atoms with Gasteiger partial charge in [0.2, 0.25) is 0 Å². The van der Waals surface area contributed by atoms with E-state index in [9.17, 15) is 8.78 Å². The van der Waals surface area contributed by atoms with E-state index in [1.807, 2.05) is 12.1 Å². The molecule has 0 amide bonds. The quantitative estimate of drug-likeness (QED) is 0.445. The van der Waals surface area contributed by atoms with Gasteiger partial charge in [-0.25, -0.2) is 8.78 Å². The first-order valence-electron chi connectivity index (χ1n) is 8.18. The SMILES string of the molecule is CN=C(NCCOc1cccnc1)NC1CCN(CC(F)F)CC1. The zero-order chi connectivity index (χ0) is 17.2. The van der Waals surface area contributed by atoms with E-state index in [1.54, 1.807) is 24.3 Å². The van der Waals surface area contributed by atoms with Gasteiger partial charge in [-0.1, -0.05) is 0 Å². The molecule has 2 N–H and O–H groups in total. The van der Waals surface area contributed by atoms with Gasteiger partial charge in [0.25, 0.3) is 6.43 Å². The van der Waals surface area contributed by atoms with E-state index < -0.39 is 6.43 Å². The molecule has 1 fully saturated rings. The lowest BCUT2D eigenvalue weighted by Gasteiger charge is -2.32. The fourth-order valence-electron chi connectivity index (χ4n) is 2.61. The van der Waals surface area contributed by atoms with Crippen LogP contribution in [-0.2, 0) is 0 Å². The van der Waals surface area contributed by atoms with Crippen molar-refractivity contribution >= 4 is 5.96 Å². The average molecular weight is 341 g/mol. The lowest BCUT2D eigenvalue weighted by Crippen LogP contribution is -2.49. The van der Waals surface area contributed by atoms with Crippen LogP contribution in [0.2, 0.25) is 0 Å². The van der Waals surface area contributed by atoms with Crippen molar-refractivity contribution in [2.75, 3.05) is 39.8 Å². The Hall–Kier alpha value is -1.96. The van der Waals surface area contributed by atoms with Gasteiger partial charge >= 0.3 is 0 Å². The summed E-state index contributed by atoms with van der Waals surface area (Å²) in [6.45, 7) is 2.34. The molecule has 0 aliphatic carbocycles. The molecule has 6 nitrogen and oxygen atoms in total. The molecule has 1 aliphatic rings. The summed E-state index contributed by atoms with van der Waals surface area (Å²) in [6.07, 6.45) is 2.77. The Morgan fingerprint density at radius 1 is 1.46 bits per heavy atom. The molecule has 134 valence electrons. The van der Waals surface area contributed by atoms with Crippen molar-refractivity contribution in [3.8, 4) is 5.75 Å². The largest absolute Gasteiger partial charge is 0.490 e. The van der Waals surface area contributed by atoms with Crippen LogP contribution in [0.25, 0.3) is 0 Å². The second-order valence-electron chi connectivity index (χ2n) is 5.65. The Kier molecular flexibility index (Phi) is 7.67. The minimum Gasteiger partial charge on any atom is -0.490 e. The summed E-state index contributed by atoms with van der Waals surface area (Å²) in [5.74, 6) is 1.44. The van der Waals surface area contributed by atoms with Gasteiger partial charge in [-0.2, -0.15) is 0 Å². The second kappa shape index (κ2) is 10.0. The average Bonchev–Trinajstić information content (AvgIpc) is 2.59. The lowest BCUT2D eigenvalue weighted by atomic mass is 10.1. The summed E-state index contributed by atoms with van der Waals surface area (Å²) < 4.78 is 30.3. The van der Waals surface area contributed by atoms with Crippen LogP contribution >= 0.6 is 0 Å². The molecule has 1 aromatic heterocycles. The number of nitrogens with zero attached hydrogens (tertiary/aromatic N) is 3. The van der Waals surface area contributed by atoms with Crippen LogP contribution in [-0.4, -0.2) is 68.1 Å². The highest BCUT2D eigenvalue weighted by molar-refractivity contribution is 5.79. The summed E-state index contributed by atoms with van der Waals surface area (Å²) >= 11 is 0. The third-order valence-electron chi connectivity index (χ3n) is 3.85. The number of aromatic nitrogens is 1. The number of aliphatic imine (C=N–C) groups is 1. The van der Waals surface area contributed by atoms with Gasteiger partial charge in [0.15, 0.2) is 5.96 Å². The first-order chi connectivity index (χ1) is 11.7. The first-order valence-corrected chi connectivity index (χ1v) is 8.18. The predicted octanol–water partition coefficient (Wildman–Crippen LogP) is 1.35. The van der Waals surface area contributed by atoms with Crippen LogP contribution < -0.4 is 15.4 Å². The highest BCUT2D eigenvalue weighted by atomic mass is 19.3.